The van der Waals surface area contributed by atoms with Crippen LogP contribution in [0.25, 0.3) is 0 Å². The highest BCUT2D eigenvalue weighted by atomic mass is 31.2. The Kier molecular flexibility index (Phi) is 6.56. The summed E-state index contributed by atoms with van der Waals surface area (Å²) in [5.74, 6) is -0.437. The topological polar surface area (TPSA) is 71.1 Å². The van der Waals surface area contributed by atoms with E-state index in [1.807, 2.05) is 0 Å². The fourth-order valence-corrected chi connectivity index (χ4v) is 2.69. The number of para-hydroxylation sites is 1. The summed E-state index contributed by atoms with van der Waals surface area (Å²) in [4.78, 5) is 20.8. The minimum atomic E-state index is -3.45. The Morgan fingerprint density at radius 2 is 1.68 bits per heavy atom. The van der Waals surface area contributed by atoms with E-state index in [2.05, 4.69) is 4.89 Å². The SMILES string of the molecule is CCOP(=O)(CC(=O)OOc1ccccc1)OCC. The van der Waals surface area contributed by atoms with E-state index < -0.39 is 19.7 Å². The summed E-state index contributed by atoms with van der Waals surface area (Å²) < 4.78 is 22.0. The molecule has 0 bridgehead atoms. The lowest BCUT2D eigenvalue weighted by atomic mass is 10.3. The van der Waals surface area contributed by atoms with Crippen LogP contribution in [-0.2, 0) is 23.3 Å². The molecule has 0 saturated heterocycles. The molecule has 0 radical (unpaired) electrons. The van der Waals surface area contributed by atoms with Gasteiger partial charge in [0.05, 0.1) is 13.2 Å². The van der Waals surface area contributed by atoms with Gasteiger partial charge < -0.3 is 9.05 Å². The Bertz CT molecular complexity index is 423. The fourth-order valence-electron chi connectivity index (χ4n) is 1.28. The number of hydrogen-bond acceptors (Lipinski definition) is 6. The van der Waals surface area contributed by atoms with Crippen molar-refractivity contribution in [2.24, 2.45) is 0 Å². The van der Waals surface area contributed by atoms with Crippen molar-refractivity contribution in [1.29, 1.82) is 0 Å². The van der Waals surface area contributed by atoms with Crippen molar-refractivity contribution in [3.8, 4) is 5.75 Å². The van der Waals surface area contributed by atoms with E-state index in [4.69, 9.17) is 13.9 Å². The molecule has 1 rings (SSSR count). The van der Waals surface area contributed by atoms with Crippen molar-refractivity contribution >= 4 is 13.6 Å². The second kappa shape index (κ2) is 7.94. The van der Waals surface area contributed by atoms with Gasteiger partial charge in [0.2, 0.25) is 0 Å². The summed E-state index contributed by atoms with van der Waals surface area (Å²) in [6.07, 6.45) is -0.485. The molecule has 0 unspecified atom stereocenters. The monoisotopic (exact) mass is 288 g/mol. The Morgan fingerprint density at radius 1 is 1.11 bits per heavy atom. The highest BCUT2D eigenvalue weighted by Gasteiger charge is 2.29. The lowest BCUT2D eigenvalue weighted by molar-refractivity contribution is -0.210. The molecule has 0 atom stereocenters. The van der Waals surface area contributed by atoms with Crippen LogP contribution in [0, 0.1) is 0 Å². The number of benzene rings is 1. The Balaban J connectivity index is 2.47. The van der Waals surface area contributed by atoms with E-state index in [0.717, 1.165) is 0 Å². The molecule has 0 N–H and O–H groups in total. The Morgan fingerprint density at radius 3 is 2.21 bits per heavy atom. The van der Waals surface area contributed by atoms with Crippen molar-refractivity contribution < 1.29 is 28.2 Å². The standard InChI is InChI=1S/C12H17O6P/c1-3-15-19(14,16-4-2)10-12(13)18-17-11-8-6-5-7-9-11/h5-9H,3-4,10H2,1-2H3. The molecule has 0 heterocycles. The van der Waals surface area contributed by atoms with E-state index in [9.17, 15) is 9.36 Å². The van der Waals surface area contributed by atoms with Crippen LogP contribution in [0.5, 0.6) is 5.75 Å². The summed E-state index contributed by atoms with van der Waals surface area (Å²) in [5, 5.41) is 0. The molecule has 0 aliphatic heterocycles. The normalized spacial score (nSPS) is 11.1. The van der Waals surface area contributed by atoms with Gasteiger partial charge in [0.1, 0.15) is 0 Å². The van der Waals surface area contributed by atoms with Crippen LogP contribution < -0.4 is 4.89 Å². The van der Waals surface area contributed by atoms with Gasteiger partial charge in [-0.25, -0.2) is 9.68 Å². The molecule has 0 aliphatic rings. The maximum Gasteiger partial charge on any atom is 0.367 e. The van der Waals surface area contributed by atoms with Gasteiger partial charge in [-0.05, 0) is 26.0 Å². The van der Waals surface area contributed by atoms with E-state index in [1.54, 1.807) is 44.2 Å². The van der Waals surface area contributed by atoms with E-state index in [1.165, 1.54) is 0 Å². The molecule has 0 aliphatic carbocycles. The number of hydrogen-bond donors (Lipinski definition) is 0. The van der Waals surface area contributed by atoms with Gasteiger partial charge in [-0.15, -0.1) is 0 Å². The number of carbonyl (C=O) groups is 1. The van der Waals surface area contributed by atoms with Crippen LogP contribution in [0.4, 0.5) is 0 Å². The zero-order chi connectivity index (χ0) is 14.1. The molecule has 7 heteroatoms. The third-order valence-electron chi connectivity index (χ3n) is 1.95. The molecule has 1 aromatic rings. The van der Waals surface area contributed by atoms with Crippen LogP contribution in [0.15, 0.2) is 30.3 Å². The molecular weight excluding hydrogens is 271 g/mol. The van der Waals surface area contributed by atoms with Gasteiger partial charge in [0.15, 0.2) is 11.9 Å². The van der Waals surface area contributed by atoms with Gasteiger partial charge >= 0.3 is 13.6 Å². The molecule has 19 heavy (non-hydrogen) atoms. The minimum Gasteiger partial charge on any atom is -0.308 e. The molecule has 1 aromatic carbocycles. The molecule has 0 amide bonds. The average molecular weight is 288 g/mol. The highest BCUT2D eigenvalue weighted by molar-refractivity contribution is 7.54. The Hall–Kier alpha value is -1.36. The molecule has 0 fully saturated rings. The van der Waals surface area contributed by atoms with Crippen LogP contribution in [0.3, 0.4) is 0 Å². The summed E-state index contributed by atoms with van der Waals surface area (Å²) in [6.45, 7) is 3.70. The molecule has 0 saturated carbocycles. The molecule has 0 spiro atoms. The van der Waals surface area contributed by atoms with Crippen LogP contribution >= 0.6 is 7.60 Å². The molecule has 0 aromatic heterocycles. The van der Waals surface area contributed by atoms with Crippen LogP contribution in [0.1, 0.15) is 13.8 Å². The Labute approximate surface area is 112 Å². The van der Waals surface area contributed by atoms with Gasteiger partial charge in [-0.3, -0.25) is 9.45 Å². The first-order valence-electron chi connectivity index (χ1n) is 5.90. The van der Waals surface area contributed by atoms with Gasteiger partial charge in [0.25, 0.3) is 0 Å². The lowest BCUT2D eigenvalue weighted by Crippen LogP contribution is -2.15. The zero-order valence-electron chi connectivity index (χ0n) is 10.9. The lowest BCUT2D eigenvalue weighted by Gasteiger charge is -2.15. The predicted octanol–water partition coefficient (Wildman–Crippen LogP) is 2.79. The maximum absolute atomic E-state index is 12.0. The van der Waals surface area contributed by atoms with Crippen LogP contribution in [0.2, 0.25) is 0 Å². The van der Waals surface area contributed by atoms with Crippen molar-refractivity contribution in [3.05, 3.63) is 30.3 Å². The second-order valence-electron chi connectivity index (χ2n) is 3.46. The summed E-state index contributed by atoms with van der Waals surface area (Å²) >= 11 is 0. The summed E-state index contributed by atoms with van der Waals surface area (Å²) in [6, 6.07) is 8.51. The van der Waals surface area contributed by atoms with E-state index in [0.29, 0.717) is 5.75 Å². The second-order valence-corrected chi connectivity index (χ2v) is 5.51. The first kappa shape index (κ1) is 15.7. The number of carbonyl (C=O) groups excluding carboxylic acids is 1. The fraction of sp³-hybridized carbons (Fsp3) is 0.417. The van der Waals surface area contributed by atoms with Gasteiger partial charge in [-0.2, -0.15) is 0 Å². The van der Waals surface area contributed by atoms with E-state index in [-0.39, 0.29) is 13.2 Å². The smallest absolute Gasteiger partial charge is 0.308 e. The zero-order valence-corrected chi connectivity index (χ0v) is 11.8. The minimum absolute atomic E-state index is 0.185. The van der Waals surface area contributed by atoms with Gasteiger partial charge in [-0.1, -0.05) is 18.2 Å². The first-order chi connectivity index (χ1) is 9.09. The van der Waals surface area contributed by atoms with Crippen molar-refractivity contribution in [1.82, 2.24) is 0 Å². The third-order valence-corrected chi connectivity index (χ3v) is 3.90. The van der Waals surface area contributed by atoms with Crippen molar-refractivity contribution in [3.63, 3.8) is 0 Å². The number of rotatable bonds is 8. The maximum atomic E-state index is 12.0. The molecule has 6 nitrogen and oxygen atoms in total. The first-order valence-corrected chi connectivity index (χ1v) is 7.63. The van der Waals surface area contributed by atoms with Crippen molar-refractivity contribution in [2.75, 3.05) is 19.4 Å². The summed E-state index contributed by atoms with van der Waals surface area (Å²) in [5.41, 5.74) is 0. The van der Waals surface area contributed by atoms with Crippen LogP contribution in [-0.4, -0.2) is 25.3 Å². The third kappa shape index (κ3) is 5.87. The van der Waals surface area contributed by atoms with Gasteiger partial charge in [0, 0.05) is 0 Å². The highest BCUT2D eigenvalue weighted by Crippen LogP contribution is 2.47. The molecular formula is C12H17O6P. The van der Waals surface area contributed by atoms with Crippen molar-refractivity contribution in [2.45, 2.75) is 13.8 Å². The average Bonchev–Trinajstić information content (AvgIpc) is 2.38. The molecule has 106 valence electrons. The predicted molar refractivity (Wildman–Crippen MR) is 68.9 cm³/mol. The largest absolute Gasteiger partial charge is 0.367 e. The van der Waals surface area contributed by atoms with E-state index >= 15 is 0 Å². The summed E-state index contributed by atoms with van der Waals surface area (Å²) in [7, 11) is -3.45. The quantitative estimate of drug-likeness (QED) is 0.416.